The molecule has 0 spiro atoms. The van der Waals surface area contributed by atoms with Crippen LogP contribution in [0.2, 0.25) is 0 Å². The molecule has 2 aromatic heterocycles. The molecule has 6 heteroatoms. The van der Waals surface area contributed by atoms with E-state index in [0.29, 0.717) is 6.42 Å². The minimum atomic E-state index is -0.294. The fraction of sp³-hybridized carbons (Fsp3) is 0.0476. The summed E-state index contributed by atoms with van der Waals surface area (Å²) in [5.41, 5.74) is 12.7. The summed E-state index contributed by atoms with van der Waals surface area (Å²) < 4.78 is 33.3. The first-order valence-electron chi connectivity index (χ1n) is 23.1. The molecule has 0 bridgehead atoms. The maximum atomic E-state index is 14.4. The SMILES string of the molecule is C=C(/C=C\C=C/C)n1c2ccccc2c2cc(N(c3ccc(F)cc3)c3ccc(-c4ccc(N(c5ccc(F)cc5)c5ccc6c(c5)c5ccccc5n6C5C#CC/C=C\C=C5)cc4)cc3)ccc21. The molecular weight excluding hydrogens is 851 g/mol. The van der Waals surface area contributed by atoms with Gasteiger partial charge in [0.15, 0.2) is 0 Å². The summed E-state index contributed by atoms with van der Waals surface area (Å²) >= 11 is 0. The Balaban J connectivity index is 0.949. The molecule has 4 nitrogen and oxygen atoms in total. The number of aromatic nitrogens is 2. The predicted molar refractivity (Wildman–Crippen MR) is 286 cm³/mol. The molecule has 8 aromatic carbocycles. The van der Waals surface area contributed by atoms with E-state index in [1.54, 1.807) is 0 Å². The zero-order chi connectivity index (χ0) is 46.8. The molecule has 69 heavy (non-hydrogen) atoms. The maximum absolute atomic E-state index is 14.4. The minimum absolute atomic E-state index is 0.116. The van der Waals surface area contributed by atoms with Crippen LogP contribution in [-0.4, -0.2) is 9.13 Å². The number of nitrogens with zero attached hydrogens (tertiary/aromatic N) is 4. The van der Waals surface area contributed by atoms with E-state index in [0.717, 1.165) is 94.6 Å². The van der Waals surface area contributed by atoms with Crippen molar-refractivity contribution in [3.63, 3.8) is 0 Å². The molecule has 0 N–H and O–H groups in total. The van der Waals surface area contributed by atoms with Gasteiger partial charge in [-0.3, -0.25) is 0 Å². The van der Waals surface area contributed by atoms with Crippen LogP contribution >= 0.6 is 0 Å². The van der Waals surface area contributed by atoms with E-state index in [1.807, 2.05) is 55.5 Å². The van der Waals surface area contributed by atoms with Gasteiger partial charge < -0.3 is 18.9 Å². The van der Waals surface area contributed by atoms with E-state index >= 15 is 0 Å². The summed E-state index contributed by atoms with van der Waals surface area (Å²) in [5, 5.41) is 4.45. The summed E-state index contributed by atoms with van der Waals surface area (Å²) in [6.07, 6.45) is 17.1. The van der Waals surface area contributed by atoms with Crippen LogP contribution in [-0.2, 0) is 0 Å². The normalized spacial score (nSPS) is 14.1. The van der Waals surface area contributed by atoms with Crippen molar-refractivity contribution in [2.75, 3.05) is 9.80 Å². The first-order valence-corrected chi connectivity index (χ1v) is 23.1. The second kappa shape index (κ2) is 18.4. The quantitative estimate of drug-likeness (QED) is 0.0950. The molecule has 0 saturated heterocycles. The standard InChI is InChI=1S/C63H46F2N4/c1-3-4-8-15-44(2)66-60-20-13-11-18-56(60)58-42-54(38-40-62(58)66)67(52-34-26-47(64)27-35-52)50-30-22-45(23-31-50)46-24-32-51(33-25-46)68(53-36-28-48(65)29-37-53)55-39-41-63-59(43-55)57-19-12-14-21-61(57)69(63)49-16-9-6-5-7-10-17-49/h3-6,8-9,11-16,18-43,49H,2,7H2,1H3/b4-3-,6-5-,15-8-,16-9?. The Morgan fingerprint density at radius 3 is 1.58 bits per heavy atom. The summed E-state index contributed by atoms with van der Waals surface area (Å²) in [6, 6.07) is 60.0. The second-order valence-corrected chi connectivity index (χ2v) is 17.0. The van der Waals surface area contributed by atoms with Gasteiger partial charge in [-0.05, 0) is 152 Å². The van der Waals surface area contributed by atoms with Crippen molar-refractivity contribution < 1.29 is 8.78 Å². The van der Waals surface area contributed by atoms with Gasteiger partial charge in [0.1, 0.15) is 17.7 Å². The average Bonchev–Trinajstić information content (AvgIpc) is 3.88. The van der Waals surface area contributed by atoms with E-state index in [4.69, 9.17) is 0 Å². The molecule has 1 aliphatic rings. The molecule has 11 rings (SSSR count). The van der Waals surface area contributed by atoms with Gasteiger partial charge in [0.25, 0.3) is 0 Å². The molecule has 0 amide bonds. The lowest BCUT2D eigenvalue weighted by molar-refractivity contribution is 0.627. The Hall–Kier alpha value is -8.92. The Labute approximate surface area is 400 Å². The topological polar surface area (TPSA) is 16.3 Å². The highest BCUT2D eigenvalue weighted by Crippen LogP contribution is 2.43. The van der Waals surface area contributed by atoms with Gasteiger partial charge in [-0.15, -0.1) is 0 Å². The molecular formula is C63H46F2N4. The Morgan fingerprint density at radius 2 is 1.00 bits per heavy atom. The lowest BCUT2D eigenvalue weighted by Crippen LogP contribution is -2.10. The Bertz CT molecular complexity index is 3740. The van der Waals surface area contributed by atoms with Crippen molar-refractivity contribution >= 4 is 83.4 Å². The van der Waals surface area contributed by atoms with Gasteiger partial charge in [0.2, 0.25) is 0 Å². The van der Waals surface area contributed by atoms with Gasteiger partial charge in [0.05, 0.1) is 22.1 Å². The van der Waals surface area contributed by atoms with E-state index in [9.17, 15) is 8.78 Å². The van der Waals surface area contributed by atoms with Crippen LogP contribution in [0.4, 0.5) is 42.9 Å². The van der Waals surface area contributed by atoms with E-state index in [1.165, 1.54) is 24.3 Å². The molecule has 1 unspecified atom stereocenters. The van der Waals surface area contributed by atoms with E-state index < -0.39 is 0 Å². The van der Waals surface area contributed by atoms with Crippen molar-refractivity contribution in [1.82, 2.24) is 9.13 Å². The molecule has 2 heterocycles. The molecule has 10 aromatic rings. The molecule has 332 valence electrons. The lowest BCUT2D eigenvalue weighted by atomic mass is 10.0. The van der Waals surface area contributed by atoms with Crippen molar-refractivity contribution in [3.8, 4) is 23.0 Å². The number of para-hydroxylation sites is 2. The second-order valence-electron chi connectivity index (χ2n) is 17.0. The lowest BCUT2D eigenvalue weighted by Gasteiger charge is -2.26. The summed E-state index contributed by atoms with van der Waals surface area (Å²) in [5.74, 6) is 6.21. The average molecular weight is 897 g/mol. The molecule has 1 atom stereocenters. The molecule has 0 saturated carbocycles. The number of fused-ring (bicyclic) bond motifs is 6. The largest absolute Gasteiger partial charge is 0.322 e. The fourth-order valence-corrected chi connectivity index (χ4v) is 9.61. The van der Waals surface area contributed by atoms with Crippen LogP contribution in [0, 0.1) is 23.5 Å². The van der Waals surface area contributed by atoms with Crippen LogP contribution in [0.5, 0.6) is 0 Å². The number of hydrogen-bond donors (Lipinski definition) is 0. The van der Waals surface area contributed by atoms with Gasteiger partial charge in [-0.2, -0.15) is 0 Å². The molecule has 0 radical (unpaired) electrons. The third-order valence-electron chi connectivity index (χ3n) is 12.8. The third-order valence-corrected chi connectivity index (χ3v) is 12.8. The highest BCUT2D eigenvalue weighted by atomic mass is 19.1. The number of anilines is 6. The number of hydrogen-bond acceptors (Lipinski definition) is 2. The summed E-state index contributed by atoms with van der Waals surface area (Å²) in [4.78, 5) is 4.33. The molecule has 0 aliphatic heterocycles. The Kier molecular flexibility index (Phi) is 11.4. The van der Waals surface area contributed by atoms with Crippen LogP contribution in [0.3, 0.4) is 0 Å². The van der Waals surface area contributed by atoms with Crippen LogP contribution in [0.25, 0.3) is 60.4 Å². The van der Waals surface area contributed by atoms with Crippen LogP contribution in [0.15, 0.2) is 237 Å². The van der Waals surface area contributed by atoms with Crippen molar-refractivity contribution in [1.29, 1.82) is 0 Å². The number of rotatable bonds is 11. The third kappa shape index (κ3) is 8.11. The smallest absolute Gasteiger partial charge is 0.123 e. The van der Waals surface area contributed by atoms with E-state index in [-0.39, 0.29) is 17.7 Å². The number of allylic oxidation sites excluding steroid dienone is 9. The summed E-state index contributed by atoms with van der Waals surface area (Å²) in [7, 11) is 0. The predicted octanol–water partition coefficient (Wildman–Crippen LogP) is 17.5. The number of halogens is 2. The molecule has 0 fully saturated rings. The van der Waals surface area contributed by atoms with Crippen molar-refractivity contribution in [2.45, 2.75) is 19.4 Å². The highest BCUT2D eigenvalue weighted by molar-refractivity contribution is 6.12. The van der Waals surface area contributed by atoms with Crippen LogP contribution < -0.4 is 9.80 Å². The minimum Gasteiger partial charge on any atom is -0.322 e. The fourth-order valence-electron chi connectivity index (χ4n) is 9.61. The highest BCUT2D eigenvalue weighted by Gasteiger charge is 2.21. The van der Waals surface area contributed by atoms with E-state index in [2.05, 4.69) is 195 Å². The first-order chi connectivity index (χ1) is 33.9. The van der Waals surface area contributed by atoms with Gasteiger partial charge >= 0.3 is 0 Å². The monoisotopic (exact) mass is 896 g/mol. The maximum Gasteiger partial charge on any atom is 0.123 e. The van der Waals surface area contributed by atoms with Gasteiger partial charge in [-0.1, -0.05) is 116 Å². The Morgan fingerprint density at radius 1 is 0.536 bits per heavy atom. The zero-order valence-corrected chi connectivity index (χ0v) is 38.0. The van der Waals surface area contributed by atoms with Gasteiger partial charge in [0, 0.05) is 67.8 Å². The zero-order valence-electron chi connectivity index (χ0n) is 38.0. The number of benzene rings is 8. The van der Waals surface area contributed by atoms with Crippen molar-refractivity contribution in [2.24, 2.45) is 0 Å². The first kappa shape index (κ1) is 42.7. The summed E-state index contributed by atoms with van der Waals surface area (Å²) in [6.45, 7) is 6.41. The van der Waals surface area contributed by atoms with Crippen LogP contribution in [0.1, 0.15) is 19.4 Å². The van der Waals surface area contributed by atoms with Gasteiger partial charge in [-0.25, -0.2) is 8.78 Å². The molecule has 1 aliphatic carbocycles. The van der Waals surface area contributed by atoms with Crippen molar-refractivity contribution in [3.05, 3.63) is 249 Å².